The lowest BCUT2D eigenvalue weighted by molar-refractivity contribution is -0.0459. The van der Waals surface area contributed by atoms with Crippen molar-refractivity contribution < 1.29 is 31.1 Å². The Kier molecular flexibility index (Phi) is 6.86. The molecule has 2 aliphatic rings. The zero-order valence-electron chi connectivity index (χ0n) is 17.7. The van der Waals surface area contributed by atoms with Crippen LogP contribution in [0.1, 0.15) is 68.3 Å². The van der Waals surface area contributed by atoms with E-state index in [-0.39, 0.29) is 5.56 Å². The van der Waals surface area contributed by atoms with E-state index < -0.39 is 33.6 Å². The summed E-state index contributed by atoms with van der Waals surface area (Å²) >= 11 is 0. The Balaban J connectivity index is 1.69. The molecule has 0 spiro atoms. The fourth-order valence-corrected chi connectivity index (χ4v) is 5.41. The third-order valence-corrected chi connectivity index (χ3v) is 7.35. The first kappa shape index (κ1) is 23.8. The Morgan fingerprint density at radius 3 is 2.58 bits per heavy atom. The maximum atomic E-state index is 12.6. The molecule has 0 aromatic heterocycles. The molecule has 2 aliphatic carbocycles. The Labute approximate surface area is 181 Å². The summed E-state index contributed by atoms with van der Waals surface area (Å²) < 4.78 is 67.2. The van der Waals surface area contributed by atoms with Crippen LogP contribution in [-0.4, -0.2) is 32.0 Å². The maximum absolute atomic E-state index is 12.6. The van der Waals surface area contributed by atoms with Crippen molar-refractivity contribution in [2.75, 3.05) is 6.61 Å². The molecule has 1 fully saturated rings. The van der Waals surface area contributed by atoms with Crippen LogP contribution in [0.25, 0.3) is 5.57 Å². The van der Waals surface area contributed by atoms with Crippen molar-refractivity contribution in [2.24, 2.45) is 11.8 Å². The highest BCUT2D eigenvalue weighted by Gasteiger charge is 2.48. The maximum Gasteiger partial charge on any atom is 0.511 e. The van der Waals surface area contributed by atoms with Gasteiger partial charge in [0, 0.05) is 0 Å². The number of carbonyl (C=O) groups excluding carboxylic acids is 1. The van der Waals surface area contributed by atoms with Gasteiger partial charge in [0.1, 0.15) is 6.61 Å². The zero-order valence-corrected chi connectivity index (χ0v) is 18.5. The van der Waals surface area contributed by atoms with E-state index in [9.17, 15) is 26.4 Å². The van der Waals surface area contributed by atoms with Crippen molar-refractivity contribution in [1.82, 2.24) is 4.72 Å². The average molecular weight is 460 g/mol. The summed E-state index contributed by atoms with van der Waals surface area (Å²) in [6.45, 7) is 1.89. The monoisotopic (exact) mass is 459 g/mol. The molecule has 1 aromatic rings. The van der Waals surface area contributed by atoms with Crippen LogP contribution < -0.4 is 4.72 Å². The van der Waals surface area contributed by atoms with Gasteiger partial charge in [0.2, 0.25) is 0 Å². The lowest BCUT2D eigenvalue weighted by Crippen LogP contribution is -2.51. The number of nitrogens with one attached hydrogen (secondary N) is 1. The summed E-state index contributed by atoms with van der Waals surface area (Å²) in [5.74, 6) is 0.453. The van der Waals surface area contributed by atoms with Crippen molar-refractivity contribution in [3.05, 3.63) is 41.5 Å². The topological polar surface area (TPSA) is 72.5 Å². The molecule has 0 aliphatic heterocycles. The fourth-order valence-electron chi connectivity index (χ4n) is 4.50. The van der Waals surface area contributed by atoms with E-state index in [0.29, 0.717) is 11.8 Å². The molecule has 2 unspecified atom stereocenters. The number of esters is 1. The molecular weight excluding hydrogens is 431 g/mol. The smallest absolute Gasteiger partial charge is 0.460 e. The largest absolute Gasteiger partial charge is 0.511 e. The normalized spacial score (nSPS) is 22.4. The van der Waals surface area contributed by atoms with Crippen LogP contribution in [0, 0.1) is 11.8 Å². The first-order valence-electron chi connectivity index (χ1n) is 10.5. The van der Waals surface area contributed by atoms with Gasteiger partial charge in [-0.25, -0.2) is 13.2 Å². The molecule has 0 saturated heterocycles. The Morgan fingerprint density at radius 1 is 1.16 bits per heavy atom. The Morgan fingerprint density at radius 2 is 1.87 bits per heavy atom. The van der Waals surface area contributed by atoms with Gasteiger partial charge in [0.05, 0.1) is 11.1 Å². The van der Waals surface area contributed by atoms with Crippen LogP contribution in [0.15, 0.2) is 30.3 Å². The second-order valence-electron chi connectivity index (χ2n) is 8.98. The average Bonchev–Trinajstić information content (AvgIpc) is 2.70. The third kappa shape index (κ3) is 5.68. The van der Waals surface area contributed by atoms with Crippen molar-refractivity contribution in [1.29, 1.82) is 0 Å². The van der Waals surface area contributed by atoms with Crippen molar-refractivity contribution in [3.8, 4) is 0 Å². The summed E-state index contributed by atoms with van der Waals surface area (Å²) in [6, 6.07) is 7.05. The van der Waals surface area contributed by atoms with Gasteiger partial charge in [-0.1, -0.05) is 31.1 Å². The molecule has 0 bridgehead atoms. The molecule has 0 amide bonds. The van der Waals surface area contributed by atoms with Crippen LogP contribution in [0.3, 0.4) is 0 Å². The van der Waals surface area contributed by atoms with Gasteiger partial charge in [-0.3, -0.25) is 0 Å². The SMILES string of the molecule is CC(C)(COC(=O)c1cccc(C2=CCCC3CCCCC23)c1)NS(=O)(=O)C(F)(F)F. The predicted molar refractivity (Wildman–Crippen MR) is 112 cm³/mol. The van der Waals surface area contributed by atoms with Gasteiger partial charge in [-0.2, -0.15) is 17.9 Å². The first-order chi connectivity index (χ1) is 14.4. The van der Waals surface area contributed by atoms with Gasteiger partial charge in [0.15, 0.2) is 0 Å². The summed E-state index contributed by atoms with van der Waals surface area (Å²) in [5, 5.41) is 0. The van der Waals surface area contributed by atoms with Crippen molar-refractivity contribution in [2.45, 2.75) is 63.4 Å². The molecule has 1 N–H and O–H groups in total. The first-order valence-corrected chi connectivity index (χ1v) is 12.0. The van der Waals surface area contributed by atoms with Crippen LogP contribution >= 0.6 is 0 Å². The van der Waals surface area contributed by atoms with Crippen molar-refractivity contribution in [3.63, 3.8) is 0 Å². The van der Waals surface area contributed by atoms with Gasteiger partial charge in [-0.05, 0) is 74.6 Å². The number of hydrogen-bond donors (Lipinski definition) is 1. The third-order valence-electron chi connectivity index (χ3n) is 5.92. The minimum Gasteiger partial charge on any atom is -0.460 e. The van der Waals surface area contributed by atoms with Crippen LogP contribution in [0.5, 0.6) is 0 Å². The molecule has 5 nitrogen and oxygen atoms in total. The quantitative estimate of drug-likeness (QED) is 0.605. The second kappa shape index (κ2) is 8.94. The van der Waals surface area contributed by atoms with E-state index in [1.165, 1.54) is 49.8 Å². The van der Waals surface area contributed by atoms with Crippen LogP contribution in [0.2, 0.25) is 0 Å². The second-order valence-corrected chi connectivity index (χ2v) is 10.7. The molecular formula is C22H28F3NO4S. The van der Waals surface area contributed by atoms with E-state index in [1.807, 2.05) is 6.07 Å². The van der Waals surface area contributed by atoms with Gasteiger partial charge < -0.3 is 4.74 Å². The van der Waals surface area contributed by atoms with E-state index in [0.717, 1.165) is 18.4 Å². The molecule has 1 aromatic carbocycles. The molecule has 3 rings (SSSR count). The summed E-state index contributed by atoms with van der Waals surface area (Å²) in [5.41, 5.74) is -4.56. The molecule has 0 heterocycles. The highest BCUT2D eigenvalue weighted by atomic mass is 32.2. The van der Waals surface area contributed by atoms with Crippen LogP contribution in [-0.2, 0) is 14.8 Å². The fraction of sp³-hybridized carbons (Fsp3) is 0.591. The molecule has 1 saturated carbocycles. The number of fused-ring (bicyclic) bond motifs is 1. The summed E-state index contributed by atoms with van der Waals surface area (Å²) in [4.78, 5) is 12.5. The summed E-state index contributed by atoms with van der Waals surface area (Å²) in [6.07, 6.45) is 9.27. The standard InChI is InChI=1S/C22H28F3NO4S/c1-21(2,26-31(28,29)22(23,24)25)14-30-20(27)17-10-5-9-16(13-17)19-12-6-8-15-7-3-4-11-18(15)19/h5,9-10,12-13,15,18,26H,3-4,6-8,11,14H2,1-2H3. The number of benzene rings is 1. The van der Waals surface area contributed by atoms with Crippen molar-refractivity contribution >= 4 is 21.6 Å². The lowest BCUT2D eigenvalue weighted by atomic mass is 9.68. The zero-order chi connectivity index (χ0) is 22.9. The number of sulfonamides is 1. The summed E-state index contributed by atoms with van der Waals surface area (Å²) in [7, 11) is -5.55. The minimum absolute atomic E-state index is 0.283. The van der Waals surface area contributed by atoms with E-state index in [2.05, 4.69) is 6.08 Å². The van der Waals surface area contributed by atoms with E-state index in [1.54, 1.807) is 18.2 Å². The number of carbonyl (C=O) groups is 1. The van der Waals surface area contributed by atoms with Gasteiger partial charge >= 0.3 is 21.5 Å². The molecule has 9 heteroatoms. The molecule has 31 heavy (non-hydrogen) atoms. The number of rotatable bonds is 6. The highest BCUT2D eigenvalue weighted by molar-refractivity contribution is 7.90. The molecule has 2 atom stereocenters. The highest BCUT2D eigenvalue weighted by Crippen LogP contribution is 2.45. The minimum atomic E-state index is -5.55. The number of hydrogen-bond acceptors (Lipinski definition) is 4. The Bertz CT molecular complexity index is 954. The van der Waals surface area contributed by atoms with Gasteiger partial charge in [0.25, 0.3) is 0 Å². The van der Waals surface area contributed by atoms with E-state index in [4.69, 9.17) is 4.74 Å². The number of alkyl halides is 3. The molecule has 172 valence electrons. The van der Waals surface area contributed by atoms with E-state index >= 15 is 0 Å². The number of halogens is 3. The molecule has 0 radical (unpaired) electrons. The van der Waals surface area contributed by atoms with Gasteiger partial charge in [-0.15, -0.1) is 0 Å². The lowest BCUT2D eigenvalue weighted by Gasteiger charge is -2.36. The predicted octanol–water partition coefficient (Wildman–Crippen LogP) is 5.04. The van der Waals surface area contributed by atoms with Crippen LogP contribution in [0.4, 0.5) is 13.2 Å². The Hall–Kier alpha value is -1.87. The number of allylic oxidation sites excluding steroid dienone is 2. The number of ether oxygens (including phenoxy) is 1.